The number of hydrogen-bond donors (Lipinski definition) is 0. The molecule has 0 radical (unpaired) electrons. The van der Waals surface area contributed by atoms with Crippen LogP contribution in [0, 0.1) is 91.9 Å². The van der Waals surface area contributed by atoms with Gasteiger partial charge in [0.05, 0.1) is 0 Å². The summed E-state index contributed by atoms with van der Waals surface area (Å²) in [5.41, 5.74) is 39.8. The highest BCUT2D eigenvalue weighted by atomic mass is 15.0. The Hall–Kier alpha value is -10.8. The molecule has 20 rings (SSSR count). The summed E-state index contributed by atoms with van der Waals surface area (Å²) in [5, 5.41) is 7.11. The van der Waals surface area contributed by atoms with E-state index in [4.69, 9.17) is 0 Å². The monoisotopic (exact) mass is 1640 g/mol. The van der Waals surface area contributed by atoms with Crippen molar-refractivity contribution in [2.45, 2.75) is 223 Å². The maximum Gasteiger partial charge on any atom is 0.213 e. The van der Waals surface area contributed by atoms with Crippen LogP contribution in [-0.2, 0) is 67.3 Å². The lowest BCUT2D eigenvalue weighted by Crippen LogP contribution is -2.33. The van der Waals surface area contributed by atoms with Crippen LogP contribution in [0.2, 0.25) is 0 Å². The summed E-state index contributed by atoms with van der Waals surface area (Å²) in [5.74, 6) is 4.36. The van der Waals surface area contributed by atoms with Crippen molar-refractivity contribution in [1.82, 2.24) is 0 Å². The van der Waals surface area contributed by atoms with Crippen LogP contribution in [0.15, 0.2) is 249 Å². The molecule has 15 aromatic rings. The lowest BCUT2D eigenvalue weighted by Gasteiger charge is -2.15. The first kappa shape index (κ1) is 86.8. The Labute approximate surface area is 743 Å². The van der Waals surface area contributed by atoms with E-state index < -0.39 is 0 Å². The molecule has 10 aromatic carbocycles. The standard InChI is InChI=1S/C25H30N.2C24H28N.2C23H26N/c1-17-13-18(2)19(3)23(14-17)25-16-21(15-20-9-5-6-10-20)22-11-7-8-12-24(22)26(25)4;1-17-12-13-18(2)22(14-17)24-16-20(15-19-8-4-5-9-19)21-10-6-7-11-23(21)25(24)3;1-17-11-12-18(2)22(15-17)24-14-13-21-20(16-19-7-4-5-8-19)9-6-10-23(21)25(24)3;1-17-9-3-6-12-20(17)23-16-19(15-18-10-4-5-11-18)21-13-7-8-14-22(21)24(23)2;1-17-8-3-6-12-20(17)23-15-14-21-19(16-18-9-4-5-10-18)11-7-13-22(21)24(23)2/h7-8,11-14,16,20H,5-6,9-10,15H2,1-4H3;6-7,10-14,16,19H,4-5,8-9,15H2,1-3H3;6,9-15,19H,4-5,7-8,16H2,1-3H3;3,6-9,12-14,16,18H,4-5,10-11,15H2,1-2H3;3,6-8,11-15,18H,4-5,9-10,16H2,1-2H3/q5*+1. The number of benzene rings is 10. The summed E-state index contributed by atoms with van der Waals surface area (Å²) >= 11 is 0. The van der Waals surface area contributed by atoms with Gasteiger partial charge in [-0.1, -0.05) is 273 Å². The minimum absolute atomic E-state index is 0.860. The van der Waals surface area contributed by atoms with Crippen molar-refractivity contribution in [3.8, 4) is 56.3 Å². The maximum absolute atomic E-state index is 2.47. The minimum atomic E-state index is 0.860. The molecule has 124 heavy (non-hydrogen) atoms. The minimum Gasteiger partial charge on any atom is -0.194 e. The highest BCUT2D eigenvalue weighted by molar-refractivity contribution is 5.86. The molecule has 5 saturated carbocycles. The molecule has 5 aromatic heterocycles. The van der Waals surface area contributed by atoms with E-state index in [-0.39, 0.29) is 0 Å². The molecule has 5 heteroatoms. The van der Waals surface area contributed by atoms with E-state index >= 15 is 0 Å². The quantitative estimate of drug-likeness (QED) is 0.0912. The molecule has 0 aliphatic heterocycles. The second-order valence-corrected chi connectivity index (χ2v) is 38.4. The molecule has 0 atom stereocenters. The van der Waals surface area contributed by atoms with Crippen molar-refractivity contribution >= 4 is 54.5 Å². The number of hydrogen-bond acceptors (Lipinski definition) is 0. The number of nitrogens with zero attached hydrogens (tertiary/aromatic N) is 5. The molecule has 5 fully saturated rings. The lowest BCUT2D eigenvalue weighted by molar-refractivity contribution is -0.633. The van der Waals surface area contributed by atoms with Crippen LogP contribution in [0.4, 0.5) is 0 Å². The van der Waals surface area contributed by atoms with Crippen LogP contribution >= 0.6 is 0 Å². The topological polar surface area (TPSA) is 19.4 Å². The molecule has 5 heterocycles. The molecule has 0 unspecified atom stereocenters. The second kappa shape index (κ2) is 39.6. The maximum atomic E-state index is 2.47. The van der Waals surface area contributed by atoms with Crippen LogP contribution in [0.1, 0.15) is 206 Å². The van der Waals surface area contributed by atoms with Crippen LogP contribution in [-0.4, -0.2) is 0 Å². The first-order chi connectivity index (χ1) is 60.3. The average molecular weight is 1640 g/mol. The molecule has 0 amide bonds. The Balaban J connectivity index is 0.000000115. The number of fused-ring (bicyclic) bond motifs is 5. The second-order valence-electron chi connectivity index (χ2n) is 38.4. The fourth-order valence-electron chi connectivity index (χ4n) is 22.4. The van der Waals surface area contributed by atoms with E-state index in [1.54, 1.807) is 0 Å². The van der Waals surface area contributed by atoms with Crippen molar-refractivity contribution in [2.75, 3.05) is 0 Å². The zero-order valence-corrected chi connectivity index (χ0v) is 77.5. The first-order valence-corrected chi connectivity index (χ1v) is 47.7. The summed E-state index contributed by atoms with van der Waals surface area (Å²) in [6.07, 6.45) is 34.3. The van der Waals surface area contributed by atoms with Crippen molar-refractivity contribution < 1.29 is 22.8 Å². The predicted molar refractivity (Wildman–Crippen MR) is 524 cm³/mol. The van der Waals surface area contributed by atoms with Gasteiger partial charge in [0.25, 0.3) is 0 Å². The van der Waals surface area contributed by atoms with Gasteiger partial charge in [-0.3, -0.25) is 0 Å². The molecule has 0 spiro atoms. The van der Waals surface area contributed by atoms with Crippen molar-refractivity contribution in [1.29, 1.82) is 0 Å². The summed E-state index contributed by atoms with van der Waals surface area (Å²) in [7, 11) is 11.0. The Kier molecular flexibility index (Phi) is 27.7. The van der Waals surface area contributed by atoms with E-state index in [0.29, 0.717) is 0 Å². The summed E-state index contributed by atoms with van der Waals surface area (Å²) < 4.78 is 11.8. The van der Waals surface area contributed by atoms with Crippen molar-refractivity contribution in [2.24, 2.45) is 64.8 Å². The smallest absolute Gasteiger partial charge is 0.194 e. The molecule has 5 nitrogen and oxygen atoms in total. The number of aromatic nitrogens is 5. The number of rotatable bonds is 15. The van der Waals surface area contributed by atoms with Gasteiger partial charge in [0, 0.05) is 115 Å². The van der Waals surface area contributed by atoms with E-state index in [2.05, 4.69) is 369 Å². The Morgan fingerprint density at radius 2 is 0.468 bits per heavy atom. The zero-order chi connectivity index (χ0) is 86.1. The zero-order valence-electron chi connectivity index (χ0n) is 77.5. The normalized spacial score (nSPS) is 15.2. The molecular formula is C119H138N5+5. The third-order valence-corrected chi connectivity index (χ3v) is 29.6. The van der Waals surface area contributed by atoms with Crippen molar-refractivity contribution in [3.63, 3.8) is 0 Å². The molecule has 5 aliphatic carbocycles. The first-order valence-electron chi connectivity index (χ1n) is 47.7. The average Bonchev–Trinajstić information content (AvgIpc) is 1.32. The molecule has 0 N–H and O–H groups in total. The van der Waals surface area contributed by atoms with Crippen LogP contribution < -0.4 is 22.8 Å². The third kappa shape index (κ3) is 19.5. The van der Waals surface area contributed by atoms with E-state index in [1.807, 2.05) is 0 Å². The van der Waals surface area contributed by atoms with Crippen molar-refractivity contribution in [3.05, 3.63) is 327 Å². The Morgan fingerprint density at radius 1 is 0.202 bits per heavy atom. The van der Waals surface area contributed by atoms with Gasteiger partial charge in [-0.2, -0.15) is 22.8 Å². The van der Waals surface area contributed by atoms with Gasteiger partial charge >= 0.3 is 0 Å². The van der Waals surface area contributed by atoms with Gasteiger partial charge in [-0.25, -0.2) is 0 Å². The molecule has 634 valence electrons. The summed E-state index contributed by atoms with van der Waals surface area (Å²) in [6.45, 7) is 19.9. The van der Waals surface area contributed by atoms with E-state index in [1.165, 1.54) is 349 Å². The Morgan fingerprint density at radius 3 is 0.839 bits per heavy atom. The van der Waals surface area contributed by atoms with Gasteiger partial charge in [-0.05, 0) is 246 Å². The Bertz CT molecular complexity index is 6280. The van der Waals surface area contributed by atoms with Crippen LogP contribution in [0.25, 0.3) is 111 Å². The van der Waals surface area contributed by atoms with Gasteiger partial charge < -0.3 is 0 Å². The fourth-order valence-corrected chi connectivity index (χ4v) is 22.4. The van der Waals surface area contributed by atoms with Gasteiger partial charge in [-0.15, -0.1) is 0 Å². The SMILES string of the molecule is Cc1cc(C)c(C)c(-c2cc(CC3CCCC3)c3ccccc3[n+]2C)c1.Cc1ccc(C)c(-c2cc(CC3CCCC3)c3ccccc3[n+]2C)c1.Cc1ccc(C)c(-c2ccc3c(CC4CCCC4)cccc3[n+]2C)c1.Cc1ccccc1-c1cc(CC2CCCC2)c2ccccc2[n+]1C.Cc1ccccc1-c1ccc2c(CC3CCCC3)cccc2[n+]1C. The largest absolute Gasteiger partial charge is 0.213 e. The lowest BCUT2D eigenvalue weighted by atomic mass is 9.91. The highest BCUT2D eigenvalue weighted by Crippen LogP contribution is 2.40. The number of para-hydroxylation sites is 3. The molecule has 0 bridgehead atoms. The fraction of sp³-hybridized carbons (Fsp3) is 0.370. The van der Waals surface area contributed by atoms with E-state index in [0.717, 1.165) is 29.6 Å². The van der Waals surface area contributed by atoms with Crippen LogP contribution in [0.5, 0.6) is 0 Å². The number of aryl methyl sites for hydroxylation is 13. The molecular weight excluding hydrogens is 1500 g/mol. The highest BCUT2D eigenvalue weighted by Gasteiger charge is 2.30. The molecule has 5 aliphatic rings. The predicted octanol–water partition coefficient (Wildman–Crippen LogP) is 28.1. The third-order valence-electron chi connectivity index (χ3n) is 29.6. The summed E-state index contributed by atoms with van der Waals surface area (Å²) in [4.78, 5) is 0. The van der Waals surface area contributed by atoms with E-state index in [9.17, 15) is 0 Å². The summed E-state index contributed by atoms with van der Waals surface area (Å²) in [6, 6.07) is 92.6. The molecule has 0 saturated heterocycles. The van der Waals surface area contributed by atoms with Crippen LogP contribution in [0.3, 0.4) is 0 Å². The van der Waals surface area contributed by atoms with Gasteiger partial charge in [0.2, 0.25) is 56.1 Å². The number of pyridine rings is 5. The van der Waals surface area contributed by atoms with Gasteiger partial charge in [0.1, 0.15) is 35.2 Å². The van der Waals surface area contributed by atoms with Gasteiger partial charge in [0.15, 0.2) is 0 Å².